The molecule has 0 saturated carbocycles. The Morgan fingerprint density at radius 1 is 1.50 bits per heavy atom. The maximum absolute atomic E-state index is 12.7. The molecule has 1 amide bonds. The highest BCUT2D eigenvalue weighted by molar-refractivity contribution is 9.10. The van der Waals surface area contributed by atoms with Gasteiger partial charge in [0.2, 0.25) is 5.91 Å². The molecule has 0 spiro atoms. The zero-order chi connectivity index (χ0) is 16.1. The maximum atomic E-state index is 12.7. The molecule has 1 aliphatic rings. The molecule has 1 saturated heterocycles. The first kappa shape index (κ1) is 17.0. The number of morpholine rings is 1. The Morgan fingerprint density at radius 2 is 2.27 bits per heavy atom. The number of carboxylic acids is 1. The average molecular weight is 370 g/mol. The summed E-state index contributed by atoms with van der Waals surface area (Å²) in [7, 11) is 0. The highest BCUT2D eigenvalue weighted by Crippen LogP contribution is 2.20. The van der Waals surface area contributed by atoms with E-state index in [0.717, 1.165) is 10.0 Å². The Hall–Kier alpha value is -1.40. The molecule has 1 heterocycles. The van der Waals surface area contributed by atoms with Crippen LogP contribution in [0.3, 0.4) is 0 Å². The molecule has 22 heavy (non-hydrogen) atoms. The fourth-order valence-electron chi connectivity index (χ4n) is 2.66. The molecular formula is C16H20BrNO4. The monoisotopic (exact) mass is 369 g/mol. The lowest BCUT2D eigenvalue weighted by Gasteiger charge is -2.35. The van der Waals surface area contributed by atoms with Gasteiger partial charge in [0.15, 0.2) is 6.04 Å². The summed E-state index contributed by atoms with van der Waals surface area (Å²) in [6.45, 7) is 2.75. The van der Waals surface area contributed by atoms with Crippen molar-refractivity contribution in [1.29, 1.82) is 0 Å². The highest BCUT2D eigenvalue weighted by Gasteiger charge is 2.35. The third-order valence-corrected chi connectivity index (χ3v) is 4.40. The molecule has 2 unspecified atom stereocenters. The summed E-state index contributed by atoms with van der Waals surface area (Å²) in [5, 5.41) is 9.26. The van der Waals surface area contributed by atoms with Crippen LogP contribution < -0.4 is 0 Å². The molecule has 1 aliphatic heterocycles. The van der Waals surface area contributed by atoms with E-state index < -0.39 is 12.0 Å². The van der Waals surface area contributed by atoms with E-state index in [-0.39, 0.29) is 18.4 Å². The number of halogens is 1. The van der Waals surface area contributed by atoms with E-state index in [1.165, 1.54) is 4.90 Å². The zero-order valence-corrected chi connectivity index (χ0v) is 14.1. The molecule has 1 fully saturated rings. The minimum absolute atomic E-state index is 0.0639. The molecule has 1 aromatic rings. The number of nitrogens with zero attached hydrogens (tertiary/aromatic N) is 1. The van der Waals surface area contributed by atoms with Gasteiger partial charge in [0, 0.05) is 16.9 Å². The molecule has 2 atom stereocenters. The van der Waals surface area contributed by atoms with Crippen LogP contribution in [0, 0.1) is 5.92 Å². The van der Waals surface area contributed by atoms with Gasteiger partial charge in [-0.2, -0.15) is 0 Å². The summed E-state index contributed by atoms with van der Waals surface area (Å²) in [4.78, 5) is 25.5. The van der Waals surface area contributed by atoms with Crippen LogP contribution in [0.1, 0.15) is 18.9 Å². The zero-order valence-electron chi connectivity index (χ0n) is 12.5. The summed E-state index contributed by atoms with van der Waals surface area (Å²) in [5.74, 6) is -1.32. The molecule has 1 N–H and O–H groups in total. The first-order valence-electron chi connectivity index (χ1n) is 7.38. The van der Waals surface area contributed by atoms with E-state index in [9.17, 15) is 14.7 Å². The lowest BCUT2D eigenvalue weighted by Crippen LogP contribution is -2.54. The van der Waals surface area contributed by atoms with Crippen LogP contribution in [-0.4, -0.2) is 47.7 Å². The number of carboxylic acid groups (broad SMARTS) is 1. The Balaban J connectivity index is 2.12. The summed E-state index contributed by atoms with van der Waals surface area (Å²) < 4.78 is 6.16. The fourth-order valence-corrected chi connectivity index (χ4v) is 3.11. The van der Waals surface area contributed by atoms with Crippen LogP contribution in [-0.2, 0) is 20.7 Å². The summed E-state index contributed by atoms with van der Waals surface area (Å²) >= 11 is 3.43. The van der Waals surface area contributed by atoms with Gasteiger partial charge in [-0.05, 0) is 30.5 Å². The Kier molecular flexibility index (Phi) is 5.97. The van der Waals surface area contributed by atoms with Gasteiger partial charge >= 0.3 is 5.97 Å². The second-order valence-electron chi connectivity index (χ2n) is 5.40. The molecule has 2 rings (SSSR count). The number of carbonyl (C=O) groups excluding carboxylic acids is 1. The first-order valence-corrected chi connectivity index (χ1v) is 8.17. The van der Waals surface area contributed by atoms with Crippen LogP contribution in [0.25, 0.3) is 0 Å². The van der Waals surface area contributed by atoms with Crippen LogP contribution >= 0.6 is 15.9 Å². The predicted octanol–water partition coefficient (Wildman–Crippen LogP) is 2.33. The Labute approximate surface area is 138 Å². The van der Waals surface area contributed by atoms with E-state index in [2.05, 4.69) is 15.9 Å². The van der Waals surface area contributed by atoms with Crippen molar-refractivity contribution in [2.24, 2.45) is 5.92 Å². The average Bonchev–Trinajstić information content (AvgIpc) is 2.52. The molecule has 5 nitrogen and oxygen atoms in total. The molecule has 6 heteroatoms. The van der Waals surface area contributed by atoms with Gasteiger partial charge in [-0.15, -0.1) is 0 Å². The van der Waals surface area contributed by atoms with Gasteiger partial charge in [-0.25, -0.2) is 4.79 Å². The van der Waals surface area contributed by atoms with Crippen molar-refractivity contribution in [3.8, 4) is 0 Å². The predicted molar refractivity (Wildman–Crippen MR) is 85.6 cm³/mol. The normalized spacial score (nSPS) is 19.7. The van der Waals surface area contributed by atoms with Crippen LogP contribution in [0.4, 0.5) is 0 Å². The fraction of sp³-hybridized carbons (Fsp3) is 0.500. The number of aliphatic carboxylic acids is 1. The van der Waals surface area contributed by atoms with Crippen LogP contribution in [0.15, 0.2) is 28.7 Å². The lowest BCUT2D eigenvalue weighted by atomic mass is 9.94. The number of ether oxygens (including phenoxy) is 1. The second kappa shape index (κ2) is 7.74. The number of carbonyl (C=O) groups is 2. The van der Waals surface area contributed by atoms with Gasteiger partial charge in [0.05, 0.1) is 13.2 Å². The molecule has 0 bridgehead atoms. The van der Waals surface area contributed by atoms with Crippen molar-refractivity contribution in [2.45, 2.75) is 25.8 Å². The van der Waals surface area contributed by atoms with Crippen molar-refractivity contribution in [3.63, 3.8) is 0 Å². The Bertz CT molecular complexity index is 549. The molecule has 120 valence electrons. The molecule has 1 aromatic carbocycles. The standard InChI is InChI=1S/C16H20BrNO4/c1-2-12(8-11-4-3-5-13(17)9-11)15(19)18-6-7-22-10-14(18)16(20)21/h3-5,9,12,14H,2,6-8,10H2,1H3,(H,20,21). The van der Waals surface area contributed by atoms with Gasteiger partial charge in [0.1, 0.15) is 0 Å². The third kappa shape index (κ3) is 4.08. The minimum Gasteiger partial charge on any atom is -0.480 e. The van der Waals surface area contributed by atoms with Gasteiger partial charge in [-0.1, -0.05) is 35.0 Å². The quantitative estimate of drug-likeness (QED) is 0.864. The minimum atomic E-state index is -1.01. The van der Waals surface area contributed by atoms with Crippen molar-refractivity contribution in [3.05, 3.63) is 34.3 Å². The topological polar surface area (TPSA) is 66.8 Å². The number of benzene rings is 1. The molecular weight excluding hydrogens is 350 g/mol. The largest absolute Gasteiger partial charge is 0.480 e. The van der Waals surface area contributed by atoms with Crippen LogP contribution in [0.5, 0.6) is 0 Å². The van der Waals surface area contributed by atoms with Gasteiger partial charge < -0.3 is 14.7 Å². The lowest BCUT2D eigenvalue weighted by molar-refractivity contribution is -0.160. The third-order valence-electron chi connectivity index (χ3n) is 3.91. The first-order chi connectivity index (χ1) is 10.5. The van der Waals surface area contributed by atoms with E-state index in [0.29, 0.717) is 26.0 Å². The summed E-state index contributed by atoms with van der Waals surface area (Å²) in [6, 6.07) is 6.97. The Morgan fingerprint density at radius 3 is 2.91 bits per heavy atom. The van der Waals surface area contributed by atoms with E-state index in [1.807, 2.05) is 31.2 Å². The molecule has 0 aliphatic carbocycles. The van der Waals surface area contributed by atoms with Crippen molar-refractivity contribution in [2.75, 3.05) is 19.8 Å². The second-order valence-corrected chi connectivity index (χ2v) is 6.32. The maximum Gasteiger partial charge on any atom is 0.328 e. The van der Waals surface area contributed by atoms with E-state index >= 15 is 0 Å². The summed E-state index contributed by atoms with van der Waals surface area (Å²) in [6.07, 6.45) is 1.29. The molecule has 0 aromatic heterocycles. The number of hydrogen-bond acceptors (Lipinski definition) is 3. The van der Waals surface area contributed by atoms with E-state index in [4.69, 9.17) is 4.74 Å². The van der Waals surface area contributed by atoms with Crippen LogP contribution in [0.2, 0.25) is 0 Å². The highest BCUT2D eigenvalue weighted by atomic mass is 79.9. The van der Waals surface area contributed by atoms with Crippen molar-refractivity contribution >= 4 is 27.8 Å². The van der Waals surface area contributed by atoms with Gasteiger partial charge in [-0.3, -0.25) is 4.79 Å². The number of amides is 1. The smallest absolute Gasteiger partial charge is 0.328 e. The van der Waals surface area contributed by atoms with Gasteiger partial charge in [0.25, 0.3) is 0 Å². The SMILES string of the molecule is CCC(Cc1cccc(Br)c1)C(=O)N1CCOCC1C(=O)O. The number of hydrogen-bond donors (Lipinski definition) is 1. The molecule has 0 radical (unpaired) electrons. The van der Waals surface area contributed by atoms with Crippen molar-refractivity contribution in [1.82, 2.24) is 4.90 Å². The van der Waals surface area contributed by atoms with Crippen molar-refractivity contribution < 1.29 is 19.4 Å². The van der Waals surface area contributed by atoms with E-state index in [1.54, 1.807) is 0 Å². The number of rotatable bonds is 5. The summed E-state index contributed by atoms with van der Waals surface area (Å²) in [5.41, 5.74) is 1.06.